The molecule has 0 spiro atoms. The van der Waals surface area contributed by atoms with E-state index < -0.39 is 0 Å². The smallest absolute Gasteiger partial charge is 0.266 e. The molecule has 26 heavy (non-hydrogen) atoms. The van der Waals surface area contributed by atoms with Crippen molar-refractivity contribution < 1.29 is 0 Å². The van der Waals surface area contributed by atoms with Gasteiger partial charge < -0.3 is 4.90 Å². The lowest BCUT2D eigenvalue weighted by atomic mass is 10.0. The largest absolute Gasteiger partial charge is 0.356 e. The predicted molar refractivity (Wildman–Crippen MR) is 96.4 cm³/mol. The van der Waals surface area contributed by atoms with Gasteiger partial charge in [0, 0.05) is 49.2 Å². The quantitative estimate of drug-likeness (QED) is 0.716. The molecule has 7 nitrogen and oxygen atoms in total. The van der Waals surface area contributed by atoms with Crippen LogP contribution in [0.15, 0.2) is 59.8 Å². The summed E-state index contributed by atoms with van der Waals surface area (Å²) < 4.78 is 1.53. The second-order valence-corrected chi connectivity index (χ2v) is 6.26. The summed E-state index contributed by atoms with van der Waals surface area (Å²) in [5.74, 6) is 1.19. The van der Waals surface area contributed by atoms with E-state index in [-0.39, 0.29) is 5.56 Å². The third-order valence-corrected chi connectivity index (χ3v) is 4.43. The first-order valence-corrected chi connectivity index (χ1v) is 8.32. The number of nitriles is 1. The van der Waals surface area contributed by atoms with E-state index in [1.165, 1.54) is 4.68 Å². The third kappa shape index (κ3) is 3.17. The normalized spacial score (nSPS) is 13.9. The number of hydrogen-bond acceptors (Lipinski definition) is 6. The van der Waals surface area contributed by atoms with Crippen LogP contribution in [0.3, 0.4) is 0 Å². The highest BCUT2D eigenvalue weighted by atomic mass is 16.1. The van der Waals surface area contributed by atoms with Crippen LogP contribution in [-0.2, 0) is 6.54 Å². The summed E-state index contributed by atoms with van der Waals surface area (Å²) in [7, 11) is 0. The lowest BCUT2D eigenvalue weighted by molar-refractivity contribution is 0.333. The highest BCUT2D eigenvalue weighted by Gasteiger charge is 2.28. The maximum atomic E-state index is 12.1. The van der Waals surface area contributed by atoms with Crippen molar-refractivity contribution in [3.8, 4) is 17.3 Å². The van der Waals surface area contributed by atoms with Crippen molar-refractivity contribution in [1.29, 1.82) is 5.26 Å². The predicted octanol–water partition coefficient (Wildman–Crippen LogP) is 1.71. The van der Waals surface area contributed by atoms with Gasteiger partial charge in [-0.15, -0.1) is 0 Å². The van der Waals surface area contributed by atoms with Crippen molar-refractivity contribution >= 4 is 5.82 Å². The van der Waals surface area contributed by atoms with Crippen LogP contribution >= 0.6 is 0 Å². The molecule has 128 valence electrons. The number of nitrogens with zero attached hydrogens (tertiary/aromatic N) is 6. The van der Waals surface area contributed by atoms with Gasteiger partial charge in [0.15, 0.2) is 0 Å². The Bertz CT molecular complexity index is 1000. The Hall–Kier alpha value is -3.53. The number of hydrogen-bond donors (Lipinski definition) is 0. The van der Waals surface area contributed by atoms with Crippen LogP contribution in [0.2, 0.25) is 0 Å². The van der Waals surface area contributed by atoms with Gasteiger partial charge in [-0.1, -0.05) is 0 Å². The maximum absolute atomic E-state index is 12.1. The average Bonchev–Trinajstić information content (AvgIpc) is 2.66. The molecule has 1 aliphatic heterocycles. The summed E-state index contributed by atoms with van der Waals surface area (Å²) in [6, 6.07) is 12.7. The molecule has 0 amide bonds. The second-order valence-electron chi connectivity index (χ2n) is 6.26. The van der Waals surface area contributed by atoms with Crippen LogP contribution in [0, 0.1) is 17.2 Å². The van der Waals surface area contributed by atoms with E-state index in [1.807, 2.05) is 18.2 Å². The lowest BCUT2D eigenvalue weighted by Gasteiger charge is -2.40. The fourth-order valence-electron chi connectivity index (χ4n) is 3.01. The van der Waals surface area contributed by atoms with E-state index in [9.17, 15) is 4.79 Å². The van der Waals surface area contributed by atoms with Crippen LogP contribution in [-0.4, -0.2) is 32.8 Å². The van der Waals surface area contributed by atoms with Gasteiger partial charge in [-0.05, 0) is 30.3 Å². The van der Waals surface area contributed by atoms with Crippen molar-refractivity contribution in [3.05, 3.63) is 70.9 Å². The van der Waals surface area contributed by atoms with Crippen molar-refractivity contribution in [2.45, 2.75) is 6.54 Å². The minimum atomic E-state index is -0.0993. The summed E-state index contributed by atoms with van der Waals surface area (Å²) in [5.41, 5.74) is 2.15. The van der Waals surface area contributed by atoms with E-state index in [0.29, 0.717) is 18.0 Å². The van der Waals surface area contributed by atoms with E-state index >= 15 is 0 Å². The molecule has 4 rings (SSSR count). The zero-order valence-electron chi connectivity index (χ0n) is 14.0. The summed E-state index contributed by atoms with van der Waals surface area (Å²) in [6.07, 6.45) is 4.99. The number of pyridine rings is 2. The Morgan fingerprint density at radius 3 is 2.62 bits per heavy atom. The van der Waals surface area contributed by atoms with Gasteiger partial charge in [0.25, 0.3) is 5.56 Å². The number of rotatable bonds is 4. The third-order valence-electron chi connectivity index (χ3n) is 4.43. The highest BCUT2D eigenvalue weighted by Crippen LogP contribution is 2.23. The Labute approximate surface area is 150 Å². The molecule has 0 saturated carbocycles. The standard InChI is InChI=1S/C19H16N6O/c20-9-14-1-3-18(22-10-14)24-11-15(12-24)13-25-19(26)4-2-17(23-25)16-5-7-21-8-6-16/h1-8,10,15H,11-13H2. The average molecular weight is 344 g/mol. The molecule has 7 heteroatoms. The summed E-state index contributed by atoms with van der Waals surface area (Å²) >= 11 is 0. The fourth-order valence-corrected chi connectivity index (χ4v) is 3.01. The molecule has 0 aromatic carbocycles. The molecule has 1 fully saturated rings. The Morgan fingerprint density at radius 1 is 1.12 bits per heavy atom. The molecule has 3 aromatic heterocycles. The molecule has 0 N–H and O–H groups in total. The van der Waals surface area contributed by atoms with Crippen molar-refractivity contribution in [2.24, 2.45) is 5.92 Å². The van der Waals surface area contributed by atoms with Gasteiger partial charge in [0.05, 0.1) is 17.8 Å². The summed E-state index contributed by atoms with van der Waals surface area (Å²) in [6.45, 7) is 2.20. The van der Waals surface area contributed by atoms with Crippen molar-refractivity contribution in [2.75, 3.05) is 18.0 Å². The van der Waals surface area contributed by atoms with E-state index in [1.54, 1.807) is 36.8 Å². The van der Waals surface area contributed by atoms with Gasteiger partial charge >= 0.3 is 0 Å². The maximum Gasteiger partial charge on any atom is 0.266 e. The molecule has 0 atom stereocenters. The molecular weight excluding hydrogens is 328 g/mol. The van der Waals surface area contributed by atoms with Crippen LogP contribution in [0.25, 0.3) is 11.3 Å². The van der Waals surface area contributed by atoms with Gasteiger partial charge in [-0.25, -0.2) is 9.67 Å². The zero-order valence-corrected chi connectivity index (χ0v) is 14.0. The Kier molecular flexibility index (Phi) is 4.15. The van der Waals surface area contributed by atoms with Crippen LogP contribution in [0.1, 0.15) is 5.56 Å². The minimum Gasteiger partial charge on any atom is -0.356 e. The Balaban J connectivity index is 1.44. The van der Waals surface area contributed by atoms with Crippen LogP contribution < -0.4 is 10.5 Å². The van der Waals surface area contributed by atoms with Crippen molar-refractivity contribution in [1.82, 2.24) is 19.7 Å². The lowest BCUT2D eigenvalue weighted by Crippen LogP contribution is -2.50. The summed E-state index contributed by atoms with van der Waals surface area (Å²) in [4.78, 5) is 22.6. The van der Waals surface area contributed by atoms with Gasteiger partial charge in [0.2, 0.25) is 0 Å². The SMILES string of the molecule is N#Cc1ccc(N2CC(Cn3nc(-c4ccncc4)ccc3=O)C2)nc1. The van der Waals surface area contributed by atoms with E-state index in [2.05, 4.69) is 26.0 Å². The first-order valence-electron chi connectivity index (χ1n) is 8.32. The Morgan fingerprint density at radius 2 is 1.92 bits per heavy atom. The summed E-state index contributed by atoms with van der Waals surface area (Å²) in [5, 5.41) is 13.3. The van der Waals surface area contributed by atoms with E-state index in [4.69, 9.17) is 5.26 Å². The van der Waals surface area contributed by atoms with Crippen LogP contribution in [0.4, 0.5) is 5.82 Å². The molecule has 0 bridgehead atoms. The molecular formula is C19H16N6O. The molecule has 0 radical (unpaired) electrons. The topological polar surface area (TPSA) is 87.7 Å². The molecule has 3 aromatic rings. The van der Waals surface area contributed by atoms with Crippen LogP contribution in [0.5, 0.6) is 0 Å². The fraction of sp³-hybridized carbons (Fsp3) is 0.211. The first kappa shape index (κ1) is 16.0. The van der Waals surface area contributed by atoms with Gasteiger partial charge in [-0.2, -0.15) is 10.4 Å². The number of anilines is 1. The molecule has 0 aliphatic carbocycles. The highest BCUT2D eigenvalue weighted by molar-refractivity contribution is 5.57. The molecule has 0 unspecified atom stereocenters. The minimum absolute atomic E-state index is 0.0993. The monoisotopic (exact) mass is 344 g/mol. The second kappa shape index (κ2) is 6.76. The van der Waals surface area contributed by atoms with Crippen molar-refractivity contribution in [3.63, 3.8) is 0 Å². The zero-order chi connectivity index (χ0) is 17.9. The molecule has 4 heterocycles. The van der Waals surface area contributed by atoms with E-state index in [0.717, 1.165) is 30.2 Å². The first-order chi connectivity index (χ1) is 12.7. The van der Waals surface area contributed by atoms with Gasteiger partial charge in [0.1, 0.15) is 11.9 Å². The van der Waals surface area contributed by atoms with Gasteiger partial charge in [-0.3, -0.25) is 9.78 Å². The molecule has 1 aliphatic rings. The number of aromatic nitrogens is 4. The molecule has 1 saturated heterocycles.